The van der Waals surface area contributed by atoms with E-state index in [0.717, 1.165) is 29.4 Å². The normalized spacial score (nSPS) is 12.0. The van der Waals surface area contributed by atoms with Crippen molar-refractivity contribution in [2.45, 2.75) is 59.0 Å². The van der Waals surface area contributed by atoms with Crippen LogP contribution in [-0.4, -0.2) is 50.5 Å². The summed E-state index contributed by atoms with van der Waals surface area (Å²) >= 11 is 13.0. The number of benzene rings is 3. The van der Waals surface area contributed by atoms with Crippen molar-refractivity contribution in [3.05, 3.63) is 99.0 Å². The maximum absolute atomic E-state index is 13.9. The van der Waals surface area contributed by atoms with Crippen molar-refractivity contribution in [2.75, 3.05) is 23.7 Å². The molecule has 0 heterocycles. The van der Waals surface area contributed by atoms with Crippen molar-refractivity contribution in [1.82, 2.24) is 10.2 Å². The summed E-state index contributed by atoms with van der Waals surface area (Å²) in [6.45, 7) is 6.46. The van der Waals surface area contributed by atoms with Crippen molar-refractivity contribution >= 4 is 50.7 Å². The van der Waals surface area contributed by atoms with E-state index in [2.05, 4.69) is 5.32 Å². The van der Waals surface area contributed by atoms with Gasteiger partial charge in [-0.2, -0.15) is 0 Å². The Labute approximate surface area is 259 Å². The SMILES string of the molecule is CCCNC(=O)[C@H](Cc1ccccc1)N(Cc1c(Cl)cccc1Cl)C(=O)CCCN(c1ccc(C)c(C)c1)S(C)(=O)=O. The van der Waals surface area contributed by atoms with Crippen molar-refractivity contribution in [1.29, 1.82) is 0 Å². The van der Waals surface area contributed by atoms with Gasteiger partial charge in [0.05, 0.1) is 11.9 Å². The molecule has 0 radical (unpaired) electrons. The predicted molar refractivity (Wildman–Crippen MR) is 172 cm³/mol. The van der Waals surface area contributed by atoms with Crippen molar-refractivity contribution in [2.24, 2.45) is 0 Å². The van der Waals surface area contributed by atoms with E-state index in [4.69, 9.17) is 23.2 Å². The smallest absolute Gasteiger partial charge is 0.243 e. The summed E-state index contributed by atoms with van der Waals surface area (Å²) in [6.07, 6.45) is 2.46. The fourth-order valence-electron chi connectivity index (χ4n) is 4.66. The van der Waals surface area contributed by atoms with E-state index < -0.39 is 16.1 Å². The van der Waals surface area contributed by atoms with Crippen LogP contribution in [0.15, 0.2) is 66.7 Å². The Morgan fingerprint density at radius 1 is 0.929 bits per heavy atom. The number of carbonyl (C=O) groups is 2. The molecule has 42 heavy (non-hydrogen) atoms. The Kier molecular flexibility index (Phi) is 12.3. The molecule has 3 rings (SSSR count). The minimum atomic E-state index is -3.60. The highest BCUT2D eigenvalue weighted by Gasteiger charge is 2.31. The number of hydrogen-bond donors (Lipinski definition) is 1. The van der Waals surface area contributed by atoms with E-state index in [0.29, 0.717) is 34.3 Å². The molecule has 0 aliphatic carbocycles. The third-order valence-corrected chi connectivity index (χ3v) is 9.04. The number of carbonyl (C=O) groups excluding carboxylic acids is 2. The van der Waals surface area contributed by atoms with Gasteiger partial charge in [-0.15, -0.1) is 0 Å². The molecule has 226 valence electrons. The molecule has 7 nitrogen and oxygen atoms in total. The Hall–Kier alpha value is -3.07. The zero-order valence-electron chi connectivity index (χ0n) is 24.6. The van der Waals surface area contributed by atoms with Crippen LogP contribution in [0.5, 0.6) is 0 Å². The van der Waals surface area contributed by atoms with Crippen molar-refractivity contribution in [3.8, 4) is 0 Å². The maximum Gasteiger partial charge on any atom is 0.243 e. The van der Waals surface area contributed by atoms with Crippen LogP contribution in [0.1, 0.15) is 48.4 Å². The highest BCUT2D eigenvalue weighted by Crippen LogP contribution is 2.28. The summed E-state index contributed by atoms with van der Waals surface area (Å²) in [5.41, 5.74) is 4.02. The highest BCUT2D eigenvalue weighted by atomic mass is 35.5. The lowest BCUT2D eigenvalue weighted by atomic mass is 10.0. The molecular formula is C32H39Cl2N3O4S. The van der Waals surface area contributed by atoms with Gasteiger partial charge in [-0.3, -0.25) is 13.9 Å². The number of nitrogens with zero attached hydrogens (tertiary/aromatic N) is 2. The van der Waals surface area contributed by atoms with E-state index in [1.807, 2.05) is 63.2 Å². The summed E-state index contributed by atoms with van der Waals surface area (Å²) in [5, 5.41) is 3.73. The van der Waals surface area contributed by atoms with E-state index in [9.17, 15) is 18.0 Å². The topological polar surface area (TPSA) is 86.8 Å². The number of sulfonamides is 1. The summed E-state index contributed by atoms with van der Waals surface area (Å²) in [4.78, 5) is 29.0. The first kappa shape index (κ1) is 33.4. The average molecular weight is 633 g/mol. The first-order chi connectivity index (χ1) is 19.9. The standard InChI is InChI=1S/C32H39Cl2N3O4S/c1-5-18-35-32(39)30(21-25-11-7-6-8-12-25)36(22-27-28(33)13-9-14-29(27)34)31(38)15-10-19-37(42(4,40)41)26-17-16-23(2)24(3)20-26/h6-9,11-14,16-17,20,30H,5,10,15,18-19,21-22H2,1-4H3,(H,35,39)/t30-/m0/s1. The monoisotopic (exact) mass is 631 g/mol. The van der Waals surface area contributed by atoms with E-state index in [-0.39, 0.29) is 37.7 Å². The third-order valence-electron chi connectivity index (χ3n) is 7.14. The summed E-state index contributed by atoms with van der Waals surface area (Å²) in [5.74, 6) is -0.572. The molecule has 0 aliphatic heterocycles. The van der Waals surface area contributed by atoms with E-state index in [1.54, 1.807) is 24.3 Å². The van der Waals surface area contributed by atoms with Crippen LogP contribution in [0.25, 0.3) is 0 Å². The molecule has 3 aromatic rings. The minimum Gasteiger partial charge on any atom is -0.354 e. The van der Waals surface area contributed by atoms with Gasteiger partial charge in [-0.05, 0) is 67.6 Å². The van der Waals surface area contributed by atoms with E-state index >= 15 is 0 Å². The molecule has 0 unspecified atom stereocenters. The zero-order chi connectivity index (χ0) is 30.9. The molecule has 0 spiro atoms. The summed E-state index contributed by atoms with van der Waals surface area (Å²) in [7, 11) is -3.60. The first-order valence-corrected chi connectivity index (χ1v) is 16.6. The molecule has 3 aromatic carbocycles. The molecule has 10 heteroatoms. The molecule has 2 amide bonds. The van der Waals surface area contributed by atoms with Crippen LogP contribution < -0.4 is 9.62 Å². The lowest BCUT2D eigenvalue weighted by molar-refractivity contribution is -0.141. The quantitative estimate of drug-likeness (QED) is 0.225. The maximum atomic E-state index is 13.9. The third kappa shape index (κ3) is 9.21. The van der Waals surface area contributed by atoms with Gasteiger partial charge in [-0.1, -0.05) is 72.6 Å². The number of amides is 2. The largest absolute Gasteiger partial charge is 0.354 e. The molecule has 0 fully saturated rings. The molecule has 1 N–H and O–H groups in total. The van der Waals surface area contributed by atoms with Gasteiger partial charge < -0.3 is 10.2 Å². The van der Waals surface area contributed by atoms with Gasteiger partial charge in [0, 0.05) is 48.1 Å². The van der Waals surface area contributed by atoms with Gasteiger partial charge in [0.15, 0.2) is 0 Å². The van der Waals surface area contributed by atoms with Gasteiger partial charge in [-0.25, -0.2) is 8.42 Å². The Balaban J connectivity index is 1.92. The second-order valence-electron chi connectivity index (χ2n) is 10.4. The molecule has 0 saturated heterocycles. The van der Waals surface area contributed by atoms with Crippen molar-refractivity contribution < 1.29 is 18.0 Å². The zero-order valence-corrected chi connectivity index (χ0v) is 26.9. The average Bonchev–Trinajstić information content (AvgIpc) is 2.94. The summed E-state index contributed by atoms with van der Waals surface area (Å²) < 4.78 is 26.7. The molecule has 0 aliphatic rings. The Morgan fingerprint density at radius 2 is 1.60 bits per heavy atom. The molecule has 1 atom stereocenters. The predicted octanol–water partition coefficient (Wildman–Crippen LogP) is 6.32. The number of nitrogens with one attached hydrogen (secondary N) is 1. The lowest BCUT2D eigenvalue weighted by Crippen LogP contribution is -2.50. The van der Waals surface area contributed by atoms with Crippen LogP contribution in [0.2, 0.25) is 10.0 Å². The molecule has 0 saturated carbocycles. The second-order valence-corrected chi connectivity index (χ2v) is 13.1. The number of halogens is 2. The number of hydrogen-bond acceptors (Lipinski definition) is 4. The van der Waals surface area contributed by atoms with Crippen LogP contribution in [0.3, 0.4) is 0 Å². The minimum absolute atomic E-state index is 0.0191. The lowest BCUT2D eigenvalue weighted by Gasteiger charge is -2.32. The fraction of sp³-hybridized carbons (Fsp3) is 0.375. The van der Waals surface area contributed by atoms with Gasteiger partial charge in [0.2, 0.25) is 21.8 Å². The Bertz CT molecular complexity index is 1460. The van der Waals surface area contributed by atoms with Crippen molar-refractivity contribution in [3.63, 3.8) is 0 Å². The van der Waals surface area contributed by atoms with E-state index in [1.165, 1.54) is 9.21 Å². The van der Waals surface area contributed by atoms with Gasteiger partial charge in [0.25, 0.3) is 0 Å². The number of aryl methyl sites for hydroxylation is 2. The van der Waals surface area contributed by atoms with Gasteiger partial charge >= 0.3 is 0 Å². The first-order valence-electron chi connectivity index (χ1n) is 14.0. The Morgan fingerprint density at radius 3 is 2.19 bits per heavy atom. The molecular weight excluding hydrogens is 593 g/mol. The van der Waals surface area contributed by atoms with Crippen LogP contribution >= 0.6 is 23.2 Å². The highest BCUT2D eigenvalue weighted by molar-refractivity contribution is 7.92. The number of anilines is 1. The van der Waals surface area contributed by atoms with Crippen LogP contribution in [-0.2, 0) is 32.6 Å². The molecule has 0 bridgehead atoms. The van der Waals surface area contributed by atoms with Crippen LogP contribution in [0, 0.1) is 13.8 Å². The van der Waals surface area contributed by atoms with Gasteiger partial charge in [0.1, 0.15) is 6.04 Å². The fourth-order valence-corrected chi connectivity index (χ4v) is 6.13. The number of rotatable bonds is 14. The summed E-state index contributed by atoms with van der Waals surface area (Å²) in [6, 6.07) is 19.3. The van der Waals surface area contributed by atoms with Crippen LogP contribution in [0.4, 0.5) is 5.69 Å². The second kappa shape index (κ2) is 15.4. The molecule has 0 aromatic heterocycles.